The van der Waals surface area contributed by atoms with Crippen LogP contribution in [0.4, 0.5) is 14.5 Å². The third-order valence-electron chi connectivity index (χ3n) is 1.71. The molecule has 4 nitrogen and oxygen atoms in total. The van der Waals surface area contributed by atoms with Gasteiger partial charge >= 0.3 is 0 Å². The first-order valence-electron chi connectivity index (χ1n) is 3.55. The van der Waals surface area contributed by atoms with Crippen LogP contribution in [0, 0.1) is 11.6 Å². The second-order valence-electron chi connectivity index (χ2n) is 2.62. The number of benzene rings is 1. The number of nitrogens with one attached hydrogen (secondary N) is 1. The molecule has 0 radical (unpaired) electrons. The van der Waals surface area contributed by atoms with Crippen molar-refractivity contribution < 1.29 is 17.2 Å². The lowest BCUT2D eigenvalue weighted by molar-refractivity contribution is 0.505. The van der Waals surface area contributed by atoms with Crippen molar-refractivity contribution in [2.75, 3.05) is 5.32 Å². The minimum atomic E-state index is -3.88. The van der Waals surface area contributed by atoms with Gasteiger partial charge in [0.1, 0.15) is 11.2 Å². The molecular weight excluding hydrogens is 214 g/mol. The van der Waals surface area contributed by atoms with E-state index in [-0.39, 0.29) is 10.6 Å². The van der Waals surface area contributed by atoms with E-state index in [2.05, 4.69) is 9.71 Å². The molecule has 0 aliphatic carbocycles. The second kappa shape index (κ2) is 2.74. The Balaban J connectivity index is 2.76. The molecule has 1 heterocycles. The van der Waals surface area contributed by atoms with Crippen molar-refractivity contribution in [1.82, 2.24) is 0 Å². The van der Waals surface area contributed by atoms with Crippen molar-refractivity contribution in [3.63, 3.8) is 0 Å². The van der Waals surface area contributed by atoms with Crippen LogP contribution in [-0.4, -0.2) is 14.8 Å². The summed E-state index contributed by atoms with van der Waals surface area (Å²) in [5, 5.41) is 2.41. The van der Waals surface area contributed by atoms with Gasteiger partial charge in [-0.1, -0.05) is 0 Å². The SMILES string of the molecule is O=S1(=O)N=CNc2cc(F)c(F)cc21. The van der Waals surface area contributed by atoms with E-state index in [1.54, 1.807) is 0 Å². The summed E-state index contributed by atoms with van der Waals surface area (Å²) in [5.41, 5.74) is -0.0149. The van der Waals surface area contributed by atoms with Crippen LogP contribution in [0.1, 0.15) is 0 Å². The van der Waals surface area contributed by atoms with Gasteiger partial charge in [-0.25, -0.2) is 8.78 Å². The fraction of sp³-hybridized carbons (Fsp3) is 0. The van der Waals surface area contributed by atoms with Gasteiger partial charge in [0, 0.05) is 6.07 Å². The Morgan fingerprint density at radius 3 is 2.57 bits per heavy atom. The molecule has 1 aromatic rings. The maximum absolute atomic E-state index is 12.7. The first kappa shape index (κ1) is 9.07. The lowest BCUT2D eigenvalue weighted by Crippen LogP contribution is -2.12. The largest absolute Gasteiger partial charge is 0.344 e. The molecule has 1 aliphatic heterocycles. The van der Waals surface area contributed by atoms with Crippen LogP contribution >= 0.6 is 0 Å². The van der Waals surface area contributed by atoms with Gasteiger partial charge in [0.05, 0.1) is 5.69 Å². The second-order valence-corrected chi connectivity index (χ2v) is 4.22. The van der Waals surface area contributed by atoms with Gasteiger partial charge in [0.25, 0.3) is 10.0 Å². The molecule has 0 atom stereocenters. The van der Waals surface area contributed by atoms with Gasteiger partial charge in [0.2, 0.25) is 0 Å². The van der Waals surface area contributed by atoms with Gasteiger partial charge in [-0.3, -0.25) is 0 Å². The molecule has 74 valence electrons. The summed E-state index contributed by atoms with van der Waals surface area (Å²) in [5.74, 6) is -2.33. The number of hydrogen-bond donors (Lipinski definition) is 1. The van der Waals surface area contributed by atoms with E-state index in [0.29, 0.717) is 6.07 Å². The molecule has 0 saturated carbocycles. The Bertz CT molecular complexity index is 525. The monoisotopic (exact) mass is 218 g/mol. The van der Waals surface area contributed by atoms with Crippen LogP contribution in [0.2, 0.25) is 0 Å². The van der Waals surface area contributed by atoms with Crippen molar-refractivity contribution >= 4 is 22.0 Å². The zero-order chi connectivity index (χ0) is 10.3. The van der Waals surface area contributed by atoms with E-state index in [1.807, 2.05) is 0 Å². The number of nitrogens with zero attached hydrogens (tertiary/aromatic N) is 1. The first-order chi connectivity index (χ1) is 6.50. The standard InChI is InChI=1S/C7H4F2N2O2S/c8-4-1-6-7(2-5(4)9)14(12,13)11-3-10-6/h1-3H,(H,10,11). The topological polar surface area (TPSA) is 58.5 Å². The number of anilines is 1. The third-order valence-corrected chi connectivity index (χ3v) is 2.99. The molecule has 0 bridgehead atoms. The van der Waals surface area contributed by atoms with E-state index in [4.69, 9.17) is 0 Å². The summed E-state index contributed by atoms with van der Waals surface area (Å²) < 4.78 is 51.0. The maximum atomic E-state index is 12.7. The van der Waals surface area contributed by atoms with Crippen LogP contribution in [0.15, 0.2) is 21.4 Å². The summed E-state index contributed by atoms with van der Waals surface area (Å²) in [7, 11) is -3.88. The van der Waals surface area contributed by atoms with Crippen LogP contribution in [0.25, 0.3) is 0 Å². The summed E-state index contributed by atoms with van der Waals surface area (Å²) in [6.07, 6.45) is 0.912. The summed E-state index contributed by atoms with van der Waals surface area (Å²) in [6.45, 7) is 0. The van der Waals surface area contributed by atoms with Crippen LogP contribution in [-0.2, 0) is 10.0 Å². The van der Waals surface area contributed by atoms with Crippen molar-refractivity contribution in [3.8, 4) is 0 Å². The Kier molecular flexibility index (Phi) is 1.78. The van der Waals surface area contributed by atoms with E-state index >= 15 is 0 Å². The molecule has 1 aliphatic rings. The highest BCUT2D eigenvalue weighted by atomic mass is 32.2. The fourth-order valence-corrected chi connectivity index (χ4v) is 2.03. The zero-order valence-electron chi connectivity index (χ0n) is 6.66. The number of hydrogen-bond acceptors (Lipinski definition) is 3. The predicted molar refractivity (Wildman–Crippen MR) is 45.7 cm³/mol. The molecule has 0 spiro atoms. The van der Waals surface area contributed by atoms with Gasteiger partial charge in [0.15, 0.2) is 11.6 Å². The Labute approximate surface area is 78.3 Å². The van der Waals surface area contributed by atoms with Gasteiger partial charge in [-0.05, 0) is 6.07 Å². The number of rotatable bonds is 0. The number of fused-ring (bicyclic) bond motifs is 1. The number of halogens is 2. The Hall–Kier alpha value is -1.50. The van der Waals surface area contributed by atoms with Crippen molar-refractivity contribution in [2.24, 2.45) is 4.40 Å². The highest BCUT2D eigenvalue weighted by molar-refractivity contribution is 7.90. The molecule has 14 heavy (non-hydrogen) atoms. The van der Waals surface area contributed by atoms with Crippen molar-refractivity contribution in [1.29, 1.82) is 0 Å². The average molecular weight is 218 g/mol. The molecule has 0 saturated heterocycles. The molecule has 0 amide bonds. The average Bonchev–Trinajstić information content (AvgIpc) is 2.08. The smallest absolute Gasteiger partial charge is 0.285 e. The molecule has 0 aromatic heterocycles. The fourth-order valence-electron chi connectivity index (χ4n) is 1.08. The van der Waals surface area contributed by atoms with Crippen LogP contribution in [0.3, 0.4) is 0 Å². The molecule has 7 heteroatoms. The van der Waals surface area contributed by atoms with Crippen molar-refractivity contribution in [3.05, 3.63) is 23.8 Å². The highest BCUT2D eigenvalue weighted by Crippen LogP contribution is 2.27. The number of sulfonamides is 1. The molecule has 2 rings (SSSR count). The predicted octanol–water partition coefficient (Wildman–Crippen LogP) is 1.11. The third kappa shape index (κ3) is 1.25. The zero-order valence-corrected chi connectivity index (χ0v) is 7.48. The van der Waals surface area contributed by atoms with Crippen LogP contribution in [0.5, 0.6) is 0 Å². The van der Waals surface area contributed by atoms with Gasteiger partial charge < -0.3 is 5.32 Å². The quantitative estimate of drug-likeness (QED) is 0.709. The van der Waals surface area contributed by atoms with Gasteiger partial charge in [-0.15, -0.1) is 4.40 Å². The van der Waals surface area contributed by atoms with E-state index < -0.39 is 21.7 Å². The minimum absolute atomic E-state index is 0.0149. The van der Waals surface area contributed by atoms with E-state index in [0.717, 1.165) is 12.4 Å². The van der Waals surface area contributed by atoms with E-state index in [9.17, 15) is 17.2 Å². The normalized spacial score (nSPS) is 17.3. The lowest BCUT2D eigenvalue weighted by atomic mass is 10.3. The summed E-state index contributed by atoms with van der Waals surface area (Å²) >= 11 is 0. The van der Waals surface area contributed by atoms with E-state index in [1.165, 1.54) is 0 Å². The first-order valence-corrected chi connectivity index (χ1v) is 4.99. The Morgan fingerprint density at radius 1 is 1.21 bits per heavy atom. The van der Waals surface area contributed by atoms with Crippen LogP contribution < -0.4 is 5.32 Å². The molecular formula is C7H4F2N2O2S. The van der Waals surface area contributed by atoms with Crippen molar-refractivity contribution in [2.45, 2.75) is 4.90 Å². The minimum Gasteiger partial charge on any atom is -0.344 e. The maximum Gasteiger partial charge on any atom is 0.285 e. The summed E-state index contributed by atoms with van der Waals surface area (Å²) in [4.78, 5) is -0.362. The lowest BCUT2D eigenvalue weighted by Gasteiger charge is -2.11. The van der Waals surface area contributed by atoms with Gasteiger partial charge in [-0.2, -0.15) is 8.42 Å². The molecule has 0 fully saturated rings. The Morgan fingerprint density at radius 2 is 1.86 bits per heavy atom. The molecule has 1 aromatic carbocycles. The molecule has 1 N–H and O–H groups in total. The summed E-state index contributed by atoms with van der Waals surface area (Å²) in [6, 6.07) is 1.37. The highest BCUT2D eigenvalue weighted by Gasteiger charge is 2.23. The molecule has 0 unspecified atom stereocenters.